The van der Waals surface area contributed by atoms with Crippen LogP contribution in [0.25, 0.3) is 44.2 Å². The number of esters is 1. The maximum Gasteiger partial charge on any atom is 0.312 e. The van der Waals surface area contributed by atoms with Crippen LogP contribution in [0.5, 0.6) is 0 Å². The van der Waals surface area contributed by atoms with Crippen LogP contribution in [-0.4, -0.2) is 31.3 Å². The van der Waals surface area contributed by atoms with Crippen LogP contribution in [-0.2, 0) is 28.4 Å². The van der Waals surface area contributed by atoms with Gasteiger partial charge in [0.05, 0.1) is 40.8 Å². The van der Waals surface area contributed by atoms with E-state index in [2.05, 4.69) is 22.1 Å². The van der Waals surface area contributed by atoms with Gasteiger partial charge in [-0.1, -0.05) is 36.4 Å². The summed E-state index contributed by atoms with van der Waals surface area (Å²) in [5.41, 5.74) is 6.12. The van der Waals surface area contributed by atoms with Crippen LogP contribution in [0.3, 0.4) is 0 Å². The zero-order chi connectivity index (χ0) is 27.9. The molecule has 0 saturated carbocycles. The van der Waals surface area contributed by atoms with Crippen molar-refractivity contribution in [3.63, 3.8) is 0 Å². The Morgan fingerprint density at radius 1 is 0.923 bits per heavy atom. The molecule has 3 aromatic heterocycles. The first kappa shape index (κ1) is 26.1. The lowest BCUT2D eigenvalue weighted by Crippen LogP contribution is -2.25. The molecule has 0 atom stereocenters. The summed E-state index contributed by atoms with van der Waals surface area (Å²) in [5, 5.41) is 16.4. The molecule has 0 fully saturated rings. The molecular weight excluding hydrogens is 486 g/mol. The summed E-state index contributed by atoms with van der Waals surface area (Å²) in [6.45, 7) is 9.39. The highest BCUT2D eigenvalue weighted by Crippen LogP contribution is 2.35. The van der Waals surface area contributed by atoms with Gasteiger partial charge in [-0.05, 0) is 63.9 Å². The van der Waals surface area contributed by atoms with Crippen LogP contribution in [0.4, 0.5) is 0 Å². The topological polar surface area (TPSA) is 93.7 Å². The molecular formula is C32H31N5O2. The van der Waals surface area contributed by atoms with Crippen molar-refractivity contribution in [3.05, 3.63) is 78.2 Å². The van der Waals surface area contributed by atoms with E-state index in [0.717, 1.165) is 49.8 Å². The molecule has 3 heterocycles. The van der Waals surface area contributed by atoms with Crippen LogP contribution < -0.4 is 0 Å². The van der Waals surface area contributed by atoms with Gasteiger partial charge in [0.1, 0.15) is 11.3 Å². The van der Waals surface area contributed by atoms with E-state index in [9.17, 15) is 10.1 Å². The molecule has 0 amide bonds. The van der Waals surface area contributed by atoms with Crippen LogP contribution >= 0.6 is 0 Å². The van der Waals surface area contributed by atoms with Gasteiger partial charge in [0.25, 0.3) is 0 Å². The minimum Gasteiger partial charge on any atom is -0.460 e. The highest BCUT2D eigenvalue weighted by molar-refractivity contribution is 6.12. The van der Waals surface area contributed by atoms with Crippen molar-refractivity contribution in [2.24, 2.45) is 7.05 Å². The van der Waals surface area contributed by atoms with Crippen molar-refractivity contribution >= 4 is 27.8 Å². The number of aryl methyl sites for hydroxylation is 1. The fourth-order valence-electron chi connectivity index (χ4n) is 4.65. The maximum absolute atomic E-state index is 12.2. The Hall–Kier alpha value is -4.57. The monoisotopic (exact) mass is 517 g/mol. The maximum atomic E-state index is 12.2. The van der Waals surface area contributed by atoms with Crippen LogP contribution in [0, 0.1) is 11.3 Å². The Bertz CT molecular complexity index is 1740. The first-order valence-corrected chi connectivity index (χ1v) is 12.9. The molecule has 0 aliphatic carbocycles. The van der Waals surface area contributed by atoms with E-state index in [-0.39, 0.29) is 12.4 Å². The van der Waals surface area contributed by atoms with Gasteiger partial charge >= 0.3 is 5.97 Å². The van der Waals surface area contributed by atoms with Gasteiger partial charge in [-0.3, -0.25) is 19.4 Å². The van der Waals surface area contributed by atoms with E-state index in [4.69, 9.17) is 9.84 Å². The SMILES string of the molecule is Cn1nc(-c2ccc(C(C)(C)C#N)cc2)c2c3cc(-c4ccc(CC(=O)OC(C)(C)C)nc4)ccc3ncc21. The van der Waals surface area contributed by atoms with Crippen molar-refractivity contribution in [2.75, 3.05) is 0 Å². The number of hydrogen-bond donors (Lipinski definition) is 0. The molecule has 2 aromatic carbocycles. The Morgan fingerprint density at radius 3 is 2.26 bits per heavy atom. The number of hydrogen-bond acceptors (Lipinski definition) is 6. The van der Waals surface area contributed by atoms with Gasteiger partial charge < -0.3 is 4.74 Å². The number of carbonyl (C=O) groups excluding carboxylic acids is 1. The molecule has 0 aliphatic heterocycles. The number of pyridine rings is 2. The second-order valence-corrected chi connectivity index (χ2v) is 11.3. The van der Waals surface area contributed by atoms with Crippen molar-refractivity contribution in [1.82, 2.24) is 19.7 Å². The quantitative estimate of drug-likeness (QED) is 0.246. The van der Waals surface area contributed by atoms with Crippen LogP contribution in [0.1, 0.15) is 45.9 Å². The summed E-state index contributed by atoms with van der Waals surface area (Å²) in [7, 11) is 1.92. The minimum absolute atomic E-state index is 0.128. The number of rotatable bonds is 5. The Kier molecular flexibility index (Phi) is 6.43. The molecule has 7 nitrogen and oxygen atoms in total. The van der Waals surface area contributed by atoms with E-state index >= 15 is 0 Å². The van der Waals surface area contributed by atoms with Crippen LogP contribution in [0.15, 0.2) is 67.0 Å². The van der Waals surface area contributed by atoms with E-state index in [0.29, 0.717) is 5.69 Å². The standard InChI is InChI=1S/C32H31N5O2/c1-31(2,3)39-28(38)16-24-13-9-22(17-34-24)21-10-14-26-25(15-21)29-27(18-35-26)37(6)36-30(29)20-7-11-23(12-8-20)32(4,5)19-33/h7-15,17-18H,16H2,1-6H3. The normalized spacial score (nSPS) is 12.0. The van der Waals surface area contributed by atoms with Crippen molar-refractivity contribution in [1.29, 1.82) is 5.26 Å². The summed E-state index contributed by atoms with van der Waals surface area (Å²) in [4.78, 5) is 21.4. The first-order chi connectivity index (χ1) is 18.4. The highest BCUT2D eigenvalue weighted by Gasteiger charge is 2.21. The number of aromatic nitrogens is 4. The fraction of sp³-hybridized carbons (Fsp3) is 0.281. The predicted octanol–water partition coefficient (Wildman–Crippen LogP) is 6.54. The van der Waals surface area contributed by atoms with Gasteiger partial charge in [-0.25, -0.2) is 0 Å². The molecule has 0 saturated heterocycles. The lowest BCUT2D eigenvalue weighted by molar-refractivity contribution is -0.154. The van der Waals surface area contributed by atoms with Crippen LogP contribution in [0.2, 0.25) is 0 Å². The molecule has 5 rings (SSSR count). The molecule has 0 unspecified atom stereocenters. The molecule has 39 heavy (non-hydrogen) atoms. The van der Waals surface area contributed by atoms with Crippen molar-refractivity contribution in [2.45, 2.75) is 52.1 Å². The predicted molar refractivity (Wildman–Crippen MR) is 153 cm³/mol. The molecule has 7 heteroatoms. The average molecular weight is 518 g/mol. The average Bonchev–Trinajstić information content (AvgIpc) is 3.24. The second kappa shape index (κ2) is 9.63. The lowest BCUT2D eigenvalue weighted by Gasteiger charge is -2.19. The summed E-state index contributed by atoms with van der Waals surface area (Å²) >= 11 is 0. The number of nitrogens with zero attached hydrogens (tertiary/aromatic N) is 5. The Balaban J connectivity index is 1.54. The zero-order valence-electron chi connectivity index (χ0n) is 23.1. The third kappa shape index (κ3) is 5.23. The summed E-state index contributed by atoms with van der Waals surface area (Å²) in [5.74, 6) is -0.296. The molecule has 0 bridgehead atoms. The molecule has 0 radical (unpaired) electrons. The molecule has 0 N–H and O–H groups in total. The van der Waals surface area contributed by atoms with E-state index in [1.807, 2.05) is 101 Å². The fourth-order valence-corrected chi connectivity index (χ4v) is 4.65. The number of benzene rings is 2. The highest BCUT2D eigenvalue weighted by atomic mass is 16.6. The summed E-state index contributed by atoms with van der Waals surface area (Å²) in [6.07, 6.45) is 3.77. The lowest BCUT2D eigenvalue weighted by atomic mass is 9.86. The molecule has 5 aromatic rings. The number of ether oxygens (including phenoxy) is 1. The largest absolute Gasteiger partial charge is 0.460 e. The Labute approximate surface area is 228 Å². The van der Waals surface area contributed by atoms with Gasteiger partial charge in [-0.15, -0.1) is 0 Å². The zero-order valence-corrected chi connectivity index (χ0v) is 23.1. The molecule has 196 valence electrons. The number of fused-ring (bicyclic) bond motifs is 3. The van der Waals surface area contributed by atoms with Crippen molar-refractivity contribution < 1.29 is 9.53 Å². The smallest absolute Gasteiger partial charge is 0.312 e. The Morgan fingerprint density at radius 2 is 1.62 bits per heavy atom. The van der Waals surface area contributed by atoms with Gasteiger partial charge in [0, 0.05) is 35.1 Å². The van der Waals surface area contributed by atoms with Gasteiger partial charge in [0.15, 0.2) is 0 Å². The van der Waals surface area contributed by atoms with Gasteiger partial charge in [-0.2, -0.15) is 10.4 Å². The third-order valence-electron chi connectivity index (χ3n) is 6.75. The van der Waals surface area contributed by atoms with E-state index < -0.39 is 11.0 Å². The number of nitriles is 1. The first-order valence-electron chi connectivity index (χ1n) is 12.9. The molecule has 0 spiro atoms. The minimum atomic E-state index is -0.563. The summed E-state index contributed by atoms with van der Waals surface area (Å²) < 4.78 is 7.27. The van der Waals surface area contributed by atoms with Gasteiger partial charge in [0.2, 0.25) is 0 Å². The third-order valence-corrected chi connectivity index (χ3v) is 6.75. The van der Waals surface area contributed by atoms with E-state index in [1.165, 1.54) is 0 Å². The number of carbonyl (C=O) groups is 1. The molecule has 0 aliphatic rings. The van der Waals surface area contributed by atoms with Crippen molar-refractivity contribution in [3.8, 4) is 28.5 Å². The second-order valence-electron chi connectivity index (χ2n) is 11.3. The van der Waals surface area contributed by atoms with E-state index in [1.54, 1.807) is 6.20 Å². The summed E-state index contributed by atoms with van der Waals surface area (Å²) in [6, 6.07) is 20.4.